The van der Waals surface area contributed by atoms with Crippen LogP contribution in [-0.4, -0.2) is 32.0 Å². The molecular formula is C26H29NO3. The lowest BCUT2D eigenvalue weighted by Crippen LogP contribution is -2.37. The van der Waals surface area contributed by atoms with Crippen molar-refractivity contribution in [2.75, 3.05) is 20.8 Å². The van der Waals surface area contributed by atoms with Gasteiger partial charge in [0.2, 0.25) is 0 Å². The molecule has 1 aliphatic rings. The largest absolute Gasteiger partial charge is 0.493 e. The summed E-state index contributed by atoms with van der Waals surface area (Å²) in [5.41, 5.74) is 4.69. The molecule has 0 spiro atoms. The van der Waals surface area contributed by atoms with Crippen LogP contribution in [0, 0.1) is 5.92 Å². The van der Waals surface area contributed by atoms with Crippen LogP contribution in [0.25, 0.3) is 10.8 Å². The van der Waals surface area contributed by atoms with Gasteiger partial charge in [-0.3, -0.25) is 9.69 Å². The molecule has 4 heteroatoms. The number of fused-ring (bicyclic) bond motifs is 2. The van der Waals surface area contributed by atoms with Crippen LogP contribution >= 0.6 is 0 Å². The van der Waals surface area contributed by atoms with E-state index < -0.39 is 0 Å². The van der Waals surface area contributed by atoms with Crippen molar-refractivity contribution >= 4 is 17.1 Å². The molecule has 1 unspecified atom stereocenters. The maximum Gasteiger partial charge on any atom is 0.161 e. The molecular weight excluding hydrogens is 374 g/mol. The Morgan fingerprint density at radius 3 is 2.40 bits per heavy atom. The van der Waals surface area contributed by atoms with E-state index in [9.17, 15) is 4.79 Å². The van der Waals surface area contributed by atoms with E-state index in [4.69, 9.17) is 9.47 Å². The van der Waals surface area contributed by atoms with Crippen LogP contribution in [0.2, 0.25) is 0 Å². The Labute approximate surface area is 178 Å². The molecule has 1 aliphatic heterocycles. The maximum atomic E-state index is 11.0. The first-order valence-electron chi connectivity index (χ1n) is 10.5. The molecule has 0 radical (unpaired) electrons. The maximum absolute atomic E-state index is 11.0. The van der Waals surface area contributed by atoms with E-state index in [0.717, 1.165) is 42.7 Å². The number of aldehydes is 1. The molecule has 4 nitrogen and oxygen atoms in total. The van der Waals surface area contributed by atoms with Crippen LogP contribution in [-0.2, 0) is 13.0 Å². The second kappa shape index (κ2) is 8.49. The van der Waals surface area contributed by atoms with E-state index in [2.05, 4.69) is 49.1 Å². The van der Waals surface area contributed by atoms with Gasteiger partial charge in [0, 0.05) is 24.7 Å². The second-order valence-electron chi connectivity index (χ2n) is 8.37. The lowest BCUT2D eigenvalue weighted by molar-refractivity contribution is 0.112. The molecule has 0 amide bonds. The molecule has 0 N–H and O–H groups in total. The Kier molecular flexibility index (Phi) is 5.78. The third kappa shape index (κ3) is 3.80. The molecule has 0 saturated carbocycles. The Hall–Kier alpha value is -2.85. The van der Waals surface area contributed by atoms with Crippen LogP contribution in [0.4, 0.5) is 0 Å². The number of hydrogen-bond donors (Lipinski definition) is 0. The van der Waals surface area contributed by atoms with Crippen molar-refractivity contribution < 1.29 is 14.3 Å². The average molecular weight is 404 g/mol. The Balaban J connectivity index is 1.66. The standard InChI is InChI=1S/C26H29NO3/c1-17(2)26-23-14-25(30-4)24(29-3)13-22(23)9-10-27(26)15-18-5-7-21-12-19(16-28)6-8-20(21)11-18/h5-8,11-14,16-17,26H,9-10,15H2,1-4H3. The Morgan fingerprint density at radius 2 is 1.70 bits per heavy atom. The zero-order chi connectivity index (χ0) is 21.3. The van der Waals surface area contributed by atoms with Gasteiger partial charge in [0.25, 0.3) is 0 Å². The molecule has 0 saturated heterocycles. The Bertz CT molecular complexity index is 1070. The van der Waals surface area contributed by atoms with Crippen LogP contribution in [0.5, 0.6) is 11.5 Å². The zero-order valence-corrected chi connectivity index (χ0v) is 18.1. The highest BCUT2D eigenvalue weighted by atomic mass is 16.5. The molecule has 3 aromatic carbocycles. The number of hydrogen-bond acceptors (Lipinski definition) is 4. The fourth-order valence-corrected chi connectivity index (χ4v) is 4.71. The molecule has 0 fully saturated rings. The van der Waals surface area contributed by atoms with Crippen LogP contribution in [0.1, 0.15) is 46.9 Å². The number of ether oxygens (including phenoxy) is 2. The highest BCUT2D eigenvalue weighted by Crippen LogP contribution is 2.41. The van der Waals surface area contributed by atoms with Gasteiger partial charge in [0.05, 0.1) is 14.2 Å². The minimum atomic E-state index is 0.321. The smallest absolute Gasteiger partial charge is 0.161 e. The summed E-state index contributed by atoms with van der Waals surface area (Å²) in [6.07, 6.45) is 1.89. The molecule has 0 aliphatic carbocycles. The summed E-state index contributed by atoms with van der Waals surface area (Å²) in [6, 6.07) is 17.0. The predicted octanol–water partition coefficient (Wildman–Crippen LogP) is 5.42. The lowest BCUT2D eigenvalue weighted by atomic mass is 9.85. The number of carbonyl (C=O) groups is 1. The van der Waals surface area contributed by atoms with Gasteiger partial charge in [-0.15, -0.1) is 0 Å². The highest BCUT2D eigenvalue weighted by Gasteiger charge is 2.31. The van der Waals surface area contributed by atoms with Crippen molar-refractivity contribution in [2.45, 2.75) is 32.9 Å². The first-order valence-corrected chi connectivity index (χ1v) is 10.5. The fourth-order valence-electron chi connectivity index (χ4n) is 4.71. The van der Waals surface area contributed by atoms with Gasteiger partial charge in [-0.1, -0.05) is 38.1 Å². The van der Waals surface area contributed by atoms with Gasteiger partial charge in [-0.05, 0) is 64.1 Å². The van der Waals surface area contributed by atoms with Gasteiger partial charge in [0.1, 0.15) is 6.29 Å². The average Bonchev–Trinajstić information content (AvgIpc) is 2.77. The molecule has 0 aromatic heterocycles. The molecule has 0 bridgehead atoms. The summed E-state index contributed by atoms with van der Waals surface area (Å²) < 4.78 is 11.1. The van der Waals surface area contributed by atoms with Crippen LogP contribution in [0.3, 0.4) is 0 Å². The van der Waals surface area contributed by atoms with Gasteiger partial charge in [-0.2, -0.15) is 0 Å². The Morgan fingerprint density at radius 1 is 1.00 bits per heavy atom. The third-order valence-electron chi connectivity index (χ3n) is 6.11. The van der Waals surface area contributed by atoms with Crippen molar-refractivity contribution in [1.29, 1.82) is 0 Å². The van der Waals surface area contributed by atoms with E-state index in [0.29, 0.717) is 17.5 Å². The summed E-state index contributed by atoms with van der Waals surface area (Å²) in [5.74, 6) is 2.06. The normalized spacial score (nSPS) is 16.5. The van der Waals surface area contributed by atoms with E-state index >= 15 is 0 Å². The molecule has 4 rings (SSSR count). The third-order valence-corrected chi connectivity index (χ3v) is 6.11. The van der Waals surface area contributed by atoms with Gasteiger partial charge < -0.3 is 9.47 Å². The number of rotatable bonds is 6. The van der Waals surface area contributed by atoms with E-state index in [1.807, 2.05) is 18.2 Å². The van der Waals surface area contributed by atoms with Gasteiger partial charge >= 0.3 is 0 Å². The molecule has 156 valence electrons. The summed E-state index contributed by atoms with van der Waals surface area (Å²) in [4.78, 5) is 13.6. The quantitative estimate of drug-likeness (QED) is 0.515. The fraction of sp³-hybridized carbons (Fsp3) is 0.346. The van der Waals surface area contributed by atoms with E-state index in [1.54, 1.807) is 14.2 Å². The first kappa shape index (κ1) is 20.4. The summed E-state index contributed by atoms with van der Waals surface area (Å²) >= 11 is 0. The van der Waals surface area contributed by atoms with Crippen molar-refractivity contribution in [3.63, 3.8) is 0 Å². The molecule has 30 heavy (non-hydrogen) atoms. The number of carbonyl (C=O) groups excluding carboxylic acids is 1. The van der Waals surface area contributed by atoms with Crippen molar-refractivity contribution in [3.05, 3.63) is 70.8 Å². The van der Waals surface area contributed by atoms with Crippen molar-refractivity contribution in [3.8, 4) is 11.5 Å². The lowest BCUT2D eigenvalue weighted by Gasteiger charge is -2.40. The number of methoxy groups -OCH3 is 2. The number of nitrogens with zero attached hydrogens (tertiary/aromatic N) is 1. The topological polar surface area (TPSA) is 38.8 Å². The van der Waals surface area contributed by atoms with E-state index in [1.165, 1.54) is 22.1 Å². The van der Waals surface area contributed by atoms with Gasteiger partial charge in [0.15, 0.2) is 11.5 Å². The minimum absolute atomic E-state index is 0.321. The molecule has 3 aromatic rings. The first-order chi connectivity index (χ1) is 14.5. The molecule has 1 heterocycles. The SMILES string of the molecule is COc1cc2c(cc1OC)C(C(C)C)N(Cc1ccc3cc(C=O)ccc3c1)CC2. The highest BCUT2D eigenvalue weighted by molar-refractivity contribution is 5.89. The summed E-state index contributed by atoms with van der Waals surface area (Å²) in [5, 5.41) is 2.27. The number of benzene rings is 3. The summed E-state index contributed by atoms with van der Waals surface area (Å²) in [6.45, 7) is 6.46. The van der Waals surface area contributed by atoms with Crippen LogP contribution < -0.4 is 9.47 Å². The van der Waals surface area contributed by atoms with Crippen molar-refractivity contribution in [2.24, 2.45) is 5.92 Å². The van der Waals surface area contributed by atoms with Crippen molar-refractivity contribution in [1.82, 2.24) is 4.90 Å². The monoisotopic (exact) mass is 403 g/mol. The van der Waals surface area contributed by atoms with Crippen LogP contribution in [0.15, 0.2) is 48.5 Å². The zero-order valence-electron chi connectivity index (χ0n) is 18.1. The van der Waals surface area contributed by atoms with Gasteiger partial charge in [-0.25, -0.2) is 0 Å². The molecule has 1 atom stereocenters. The minimum Gasteiger partial charge on any atom is -0.493 e. The van der Waals surface area contributed by atoms with E-state index in [-0.39, 0.29) is 0 Å². The summed E-state index contributed by atoms with van der Waals surface area (Å²) in [7, 11) is 3.39. The predicted molar refractivity (Wildman–Crippen MR) is 121 cm³/mol. The second-order valence-corrected chi connectivity index (χ2v) is 8.37.